The van der Waals surface area contributed by atoms with Gasteiger partial charge in [-0.1, -0.05) is 0 Å². The summed E-state index contributed by atoms with van der Waals surface area (Å²) in [7, 11) is 5.61. The first-order valence-corrected chi connectivity index (χ1v) is 13.0. The Morgan fingerprint density at radius 1 is 1.25 bits per heavy atom. The number of likely N-dealkylation sites (tertiary alicyclic amines) is 1. The molecule has 11 nitrogen and oxygen atoms in total. The van der Waals surface area contributed by atoms with Gasteiger partial charge in [-0.2, -0.15) is 5.10 Å². The zero-order chi connectivity index (χ0) is 26.0. The molecule has 4 unspecified atom stereocenters. The van der Waals surface area contributed by atoms with Crippen LogP contribution in [0.3, 0.4) is 0 Å². The highest BCUT2D eigenvalue weighted by Crippen LogP contribution is 2.32. The van der Waals surface area contributed by atoms with Gasteiger partial charge in [-0.05, 0) is 53.8 Å². The van der Waals surface area contributed by atoms with Crippen LogP contribution < -0.4 is 21.3 Å². The van der Waals surface area contributed by atoms with Crippen LogP contribution >= 0.6 is 0 Å². The zero-order valence-corrected chi connectivity index (χ0v) is 22.2. The summed E-state index contributed by atoms with van der Waals surface area (Å²) in [6.45, 7) is 5.96. The van der Waals surface area contributed by atoms with Crippen LogP contribution in [0, 0.1) is 6.92 Å². The largest absolute Gasteiger partial charge is 0.355 e. The van der Waals surface area contributed by atoms with Gasteiger partial charge in [0.1, 0.15) is 5.82 Å². The number of carbonyl (C=O) groups is 2. The lowest BCUT2D eigenvalue weighted by Gasteiger charge is -2.39. The summed E-state index contributed by atoms with van der Waals surface area (Å²) in [6.07, 6.45) is 6.05. The molecule has 2 aliphatic heterocycles. The van der Waals surface area contributed by atoms with E-state index in [0.29, 0.717) is 13.0 Å². The van der Waals surface area contributed by atoms with Crippen molar-refractivity contribution < 1.29 is 9.59 Å². The first kappa shape index (κ1) is 26.3. The lowest BCUT2D eigenvalue weighted by atomic mass is 9.97. The van der Waals surface area contributed by atoms with E-state index in [0.717, 1.165) is 61.5 Å². The SMILES string of the molecule is CNC(CC(C(=O)N1CCCCC1c1cc2nc(N3CCC(N)C3)c(C)cn2n1)N(C)C)NC(C)=O. The Bertz CT molecular complexity index is 1080. The van der Waals surface area contributed by atoms with Gasteiger partial charge in [0.25, 0.3) is 0 Å². The molecule has 2 aromatic rings. The van der Waals surface area contributed by atoms with Crippen molar-refractivity contribution in [1.82, 2.24) is 35.0 Å². The molecule has 0 aliphatic carbocycles. The van der Waals surface area contributed by atoms with Crippen molar-refractivity contribution in [3.05, 3.63) is 23.5 Å². The van der Waals surface area contributed by atoms with Gasteiger partial charge in [0.2, 0.25) is 11.8 Å². The van der Waals surface area contributed by atoms with Crippen LogP contribution in [0.15, 0.2) is 12.3 Å². The Balaban J connectivity index is 1.59. The minimum absolute atomic E-state index is 0.0586. The van der Waals surface area contributed by atoms with Crippen molar-refractivity contribution in [3.8, 4) is 0 Å². The monoisotopic (exact) mass is 499 g/mol. The number of amides is 2. The molecule has 0 saturated carbocycles. The van der Waals surface area contributed by atoms with Gasteiger partial charge in [0.15, 0.2) is 5.65 Å². The summed E-state index contributed by atoms with van der Waals surface area (Å²) in [5, 5.41) is 10.9. The minimum Gasteiger partial charge on any atom is -0.355 e. The third-order valence-electron chi connectivity index (χ3n) is 7.37. The van der Waals surface area contributed by atoms with E-state index in [2.05, 4.69) is 22.5 Å². The summed E-state index contributed by atoms with van der Waals surface area (Å²) in [5.74, 6) is 0.892. The Labute approximate surface area is 213 Å². The molecule has 36 heavy (non-hydrogen) atoms. The highest BCUT2D eigenvalue weighted by Gasteiger charge is 2.36. The van der Waals surface area contributed by atoms with Crippen LogP contribution in [0.1, 0.15) is 56.3 Å². The molecule has 4 atom stereocenters. The normalized spacial score (nSPS) is 22.3. The molecule has 2 saturated heterocycles. The Morgan fingerprint density at radius 3 is 2.67 bits per heavy atom. The van der Waals surface area contributed by atoms with Crippen molar-refractivity contribution >= 4 is 23.3 Å². The van der Waals surface area contributed by atoms with Crippen molar-refractivity contribution in [2.24, 2.45) is 5.73 Å². The van der Waals surface area contributed by atoms with Crippen molar-refractivity contribution in [1.29, 1.82) is 0 Å². The Morgan fingerprint density at radius 2 is 2.03 bits per heavy atom. The summed E-state index contributed by atoms with van der Waals surface area (Å²) >= 11 is 0. The van der Waals surface area contributed by atoms with Crippen LogP contribution in [-0.4, -0.2) is 95.2 Å². The molecule has 198 valence electrons. The number of nitrogens with zero attached hydrogens (tertiary/aromatic N) is 6. The van der Waals surface area contributed by atoms with E-state index in [-0.39, 0.29) is 36.1 Å². The van der Waals surface area contributed by atoms with Crippen LogP contribution in [0.2, 0.25) is 0 Å². The predicted octanol–water partition coefficient (Wildman–Crippen LogP) is 0.631. The fourth-order valence-electron chi connectivity index (χ4n) is 5.43. The molecular weight excluding hydrogens is 458 g/mol. The van der Waals surface area contributed by atoms with Crippen molar-refractivity contribution in [3.63, 3.8) is 0 Å². The number of fused-ring (bicyclic) bond motifs is 1. The maximum Gasteiger partial charge on any atom is 0.240 e. The predicted molar refractivity (Wildman–Crippen MR) is 140 cm³/mol. The number of hydrogen-bond donors (Lipinski definition) is 3. The highest BCUT2D eigenvalue weighted by molar-refractivity contribution is 5.82. The van der Waals surface area contributed by atoms with Crippen LogP contribution in [0.4, 0.5) is 5.82 Å². The standard InChI is InChI=1S/C25H41N9O2/c1-16-14-34-23(29-24(16)32-11-9-18(26)15-32)12-19(30-34)20-8-6-7-10-33(20)25(36)21(31(4)5)13-22(27-3)28-17(2)35/h12,14,18,20-22,27H,6-11,13,15,26H2,1-5H3,(H,28,35). The van der Waals surface area contributed by atoms with Crippen molar-refractivity contribution in [2.75, 3.05) is 45.7 Å². The molecule has 0 radical (unpaired) electrons. The maximum atomic E-state index is 13.9. The van der Waals surface area contributed by atoms with E-state index in [1.807, 2.05) is 40.7 Å². The van der Waals surface area contributed by atoms with Crippen LogP contribution in [-0.2, 0) is 9.59 Å². The number of nitrogens with two attached hydrogens (primary N) is 1. The van der Waals surface area contributed by atoms with Gasteiger partial charge < -0.3 is 26.2 Å². The second kappa shape index (κ2) is 11.1. The zero-order valence-electron chi connectivity index (χ0n) is 22.2. The second-order valence-corrected chi connectivity index (χ2v) is 10.4. The fraction of sp³-hybridized carbons (Fsp3) is 0.680. The Hall–Kier alpha value is -2.76. The number of piperidine rings is 1. The van der Waals surface area contributed by atoms with Gasteiger partial charge in [-0.25, -0.2) is 9.50 Å². The first-order valence-electron chi connectivity index (χ1n) is 13.0. The number of rotatable bonds is 8. The first-order chi connectivity index (χ1) is 17.2. The van der Waals surface area contributed by atoms with E-state index < -0.39 is 0 Å². The summed E-state index contributed by atoms with van der Waals surface area (Å²) in [4.78, 5) is 36.6. The number of hydrogen-bond acceptors (Lipinski definition) is 8. The van der Waals surface area contributed by atoms with Gasteiger partial charge in [-0.3, -0.25) is 14.5 Å². The number of anilines is 1. The molecule has 0 spiro atoms. The van der Waals surface area contributed by atoms with Gasteiger partial charge in [-0.15, -0.1) is 0 Å². The Kier molecular flexibility index (Phi) is 8.11. The average Bonchev–Trinajstić information content (AvgIpc) is 3.45. The highest BCUT2D eigenvalue weighted by atomic mass is 16.2. The average molecular weight is 500 g/mol. The molecule has 2 amide bonds. The molecule has 0 bridgehead atoms. The van der Waals surface area contributed by atoms with Crippen LogP contribution in [0.25, 0.3) is 5.65 Å². The van der Waals surface area contributed by atoms with E-state index >= 15 is 0 Å². The number of aryl methyl sites for hydroxylation is 1. The van der Waals surface area contributed by atoms with Gasteiger partial charge >= 0.3 is 0 Å². The lowest BCUT2D eigenvalue weighted by Crippen LogP contribution is -2.54. The van der Waals surface area contributed by atoms with E-state index in [1.54, 1.807) is 7.05 Å². The summed E-state index contributed by atoms with van der Waals surface area (Å²) in [5.41, 5.74) is 8.84. The molecule has 2 fully saturated rings. The molecule has 11 heteroatoms. The number of nitrogens with one attached hydrogen (secondary N) is 2. The third-order valence-corrected chi connectivity index (χ3v) is 7.37. The lowest BCUT2D eigenvalue weighted by molar-refractivity contribution is -0.141. The van der Waals surface area contributed by atoms with E-state index in [4.69, 9.17) is 15.8 Å². The van der Waals surface area contributed by atoms with Crippen molar-refractivity contribution in [2.45, 2.75) is 70.2 Å². The maximum absolute atomic E-state index is 13.9. The minimum atomic E-state index is -0.377. The third kappa shape index (κ3) is 5.63. The van der Waals surface area contributed by atoms with E-state index in [9.17, 15) is 9.59 Å². The van der Waals surface area contributed by atoms with E-state index in [1.165, 1.54) is 6.92 Å². The quantitative estimate of drug-likeness (QED) is 0.452. The molecule has 2 aliphatic rings. The molecule has 2 aromatic heterocycles. The number of likely N-dealkylation sites (N-methyl/N-ethyl adjacent to an activating group) is 1. The topological polar surface area (TPSA) is 124 Å². The number of aromatic nitrogens is 3. The molecular formula is C25H41N9O2. The fourth-order valence-corrected chi connectivity index (χ4v) is 5.43. The van der Waals surface area contributed by atoms with Gasteiger partial charge in [0.05, 0.1) is 23.9 Å². The summed E-state index contributed by atoms with van der Waals surface area (Å²) in [6, 6.07) is 1.72. The number of carbonyl (C=O) groups excluding carboxylic acids is 2. The van der Waals surface area contributed by atoms with Crippen LogP contribution in [0.5, 0.6) is 0 Å². The smallest absolute Gasteiger partial charge is 0.240 e. The molecule has 4 N–H and O–H groups in total. The molecule has 4 heterocycles. The molecule has 0 aromatic carbocycles. The summed E-state index contributed by atoms with van der Waals surface area (Å²) < 4.78 is 1.83. The molecule has 4 rings (SSSR count). The second-order valence-electron chi connectivity index (χ2n) is 10.4. The van der Waals surface area contributed by atoms with Gasteiger partial charge in [0, 0.05) is 56.8 Å².